The summed E-state index contributed by atoms with van der Waals surface area (Å²) >= 11 is 0. The van der Waals surface area contributed by atoms with Gasteiger partial charge in [0.1, 0.15) is 16.9 Å². The lowest BCUT2D eigenvalue weighted by Gasteiger charge is -2.62. The molecule has 8 rings (SSSR count). The number of fused-ring (bicyclic) bond motifs is 6. The Kier molecular flexibility index (Phi) is 8.36. The molecule has 11 nitrogen and oxygen atoms in total. The van der Waals surface area contributed by atoms with Crippen molar-refractivity contribution in [1.29, 1.82) is 0 Å². The van der Waals surface area contributed by atoms with Crippen molar-refractivity contribution >= 4 is 34.1 Å². The van der Waals surface area contributed by atoms with E-state index in [0.717, 1.165) is 18.9 Å². The zero-order chi connectivity index (χ0) is 37.8. The van der Waals surface area contributed by atoms with Crippen molar-refractivity contribution in [3.8, 4) is 5.75 Å². The topological polar surface area (TPSA) is 147 Å². The number of aliphatic hydroxyl groups excluding tert-OH is 1. The SMILES string of the molecule is COc1c(N2CCNC(C)C2)c(F)cc2c(=O)c(C(=O)OCC(=O)[C@@]3(O)CC[C@H]4[C@@H]5CCC6=CC(=O)C=C[C@]6(C)[C@@]5(F)[C@@H](O)C[C@@]43C)cn(C3CC3)c12. The van der Waals surface area contributed by atoms with Crippen molar-refractivity contribution in [2.75, 3.05) is 38.3 Å². The van der Waals surface area contributed by atoms with Crippen LogP contribution in [0.15, 0.2) is 40.9 Å². The second-order valence-electron chi connectivity index (χ2n) is 16.6. The van der Waals surface area contributed by atoms with Gasteiger partial charge in [0, 0.05) is 54.7 Å². The number of rotatable bonds is 7. The van der Waals surface area contributed by atoms with Gasteiger partial charge in [-0.15, -0.1) is 0 Å². The summed E-state index contributed by atoms with van der Waals surface area (Å²) in [6.45, 7) is 6.25. The number of aromatic nitrogens is 1. The number of hydrogen-bond donors (Lipinski definition) is 3. The van der Waals surface area contributed by atoms with Crippen LogP contribution in [0.3, 0.4) is 0 Å². The number of piperazine rings is 1. The largest absolute Gasteiger partial charge is 0.492 e. The highest BCUT2D eigenvalue weighted by Crippen LogP contribution is 2.69. The molecule has 1 aromatic carbocycles. The van der Waals surface area contributed by atoms with Crippen LogP contribution in [0, 0.1) is 28.5 Å². The number of anilines is 1. The summed E-state index contributed by atoms with van der Waals surface area (Å²) in [7, 11) is 1.43. The van der Waals surface area contributed by atoms with Gasteiger partial charge in [0.2, 0.25) is 11.2 Å². The predicted octanol–water partition coefficient (Wildman–Crippen LogP) is 4.11. The maximum atomic E-state index is 17.5. The smallest absolute Gasteiger partial charge is 0.344 e. The van der Waals surface area contributed by atoms with Gasteiger partial charge in [0.25, 0.3) is 0 Å². The Labute approximate surface area is 306 Å². The molecule has 2 aromatic rings. The highest BCUT2D eigenvalue weighted by atomic mass is 19.1. The monoisotopic (exact) mass is 735 g/mol. The molecule has 5 fully saturated rings. The molecule has 284 valence electrons. The minimum Gasteiger partial charge on any atom is -0.492 e. The maximum Gasteiger partial charge on any atom is 0.344 e. The Hall–Kier alpha value is -3.94. The molecule has 0 amide bonds. The Morgan fingerprint density at radius 2 is 1.89 bits per heavy atom. The fraction of sp³-hybridized carbons (Fsp3) is 0.600. The molecule has 0 bridgehead atoms. The molecule has 1 unspecified atom stereocenters. The van der Waals surface area contributed by atoms with Gasteiger partial charge in [-0.1, -0.05) is 18.6 Å². The van der Waals surface area contributed by atoms with E-state index in [1.807, 2.05) is 11.8 Å². The van der Waals surface area contributed by atoms with Crippen molar-refractivity contribution in [3.05, 3.63) is 57.7 Å². The molecule has 1 aliphatic heterocycles. The number of esters is 1. The number of alkyl halides is 1. The van der Waals surface area contributed by atoms with Crippen LogP contribution in [0.5, 0.6) is 5.75 Å². The first-order valence-corrected chi connectivity index (χ1v) is 18.8. The number of carbonyl (C=O) groups is 3. The van der Waals surface area contributed by atoms with Crippen LogP contribution in [-0.4, -0.2) is 89.1 Å². The summed E-state index contributed by atoms with van der Waals surface area (Å²) in [6, 6.07) is 1.18. The fourth-order valence-electron chi connectivity index (χ4n) is 10.9. The summed E-state index contributed by atoms with van der Waals surface area (Å²) in [4.78, 5) is 55.5. The highest BCUT2D eigenvalue weighted by Gasteiger charge is 2.74. The summed E-state index contributed by atoms with van der Waals surface area (Å²) < 4.78 is 46.4. The third-order valence-corrected chi connectivity index (χ3v) is 13.8. The van der Waals surface area contributed by atoms with E-state index >= 15 is 8.78 Å². The molecule has 1 aromatic heterocycles. The number of aliphatic hydroxyl groups is 2. The van der Waals surface area contributed by atoms with Gasteiger partial charge in [0.15, 0.2) is 29.6 Å². The van der Waals surface area contributed by atoms with E-state index in [0.29, 0.717) is 50.0 Å². The van der Waals surface area contributed by atoms with Crippen LogP contribution >= 0.6 is 0 Å². The molecule has 3 N–H and O–H groups in total. The van der Waals surface area contributed by atoms with Crippen molar-refractivity contribution in [1.82, 2.24) is 9.88 Å². The number of halogens is 2. The molecule has 5 aliphatic carbocycles. The second-order valence-corrected chi connectivity index (χ2v) is 16.6. The maximum absolute atomic E-state index is 17.5. The van der Waals surface area contributed by atoms with E-state index in [4.69, 9.17) is 9.47 Å². The van der Waals surface area contributed by atoms with Crippen molar-refractivity contribution in [2.24, 2.45) is 22.7 Å². The quantitative estimate of drug-likeness (QED) is 0.355. The van der Waals surface area contributed by atoms with Crippen molar-refractivity contribution < 1.29 is 42.9 Å². The zero-order valence-corrected chi connectivity index (χ0v) is 30.5. The number of hydrogen-bond acceptors (Lipinski definition) is 10. The van der Waals surface area contributed by atoms with Crippen LogP contribution in [0.1, 0.15) is 82.1 Å². The molecule has 53 heavy (non-hydrogen) atoms. The van der Waals surface area contributed by atoms with Crippen LogP contribution in [-0.2, 0) is 14.3 Å². The van der Waals surface area contributed by atoms with Gasteiger partial charge >= 0.3 is 5.97 Å². The Bertz CT molecular complexity index is 2060. The molecule has 0 radical (unpaired) electrons. The minimum atomic E-state index is -2.12. The average Bonchev–Trinajstić information content (AvgIpc) is 3.93. The van der Waals surface area contributed by atoms with Gasteiger partial charge in [-0.2, -0.15) is 0 Å². The van der Waals surface area contributed by atoms with E-state index < -0.39 is 69.6 Å². The van der Waals surface area contributed by atoms with Crippen molar-refractivity contribution in [3.63, 3.8) is 0 Å². The van der Waals surface area contributed by atoms with E-state index in [9.17, 15) is 29.4 Å². The number of allylic oxidation sites excluding steroid dienone is 4. The molecule has 6 aliphatic rings. The van der Waals surface area contributed by atoms with Gasteiger partial charge in [-0.25, -0.2) is 13.6 Å². The van der Waals surface area contributed by atoms with Gasteiger partial charge in [0.05, 0.1) is 24.1 Å². The van der Waals surface area contributed by atoms with Crippen LogP contribution in [0.2, 0.25) is 0 Å². The summed E-state index contributed by atoms with van der Waals surface area (Å²) in [5, 5.41) is 27.0. The highest BCUT2D eigenvalue weighted by molar-refractivity contribution is 6.01. The van der Waals surface area contributed by atoms with Crippen LogP contribution in [0.25, 0.3) is 10.9 Å². The van der Waals surface area contributed by atoms with Gasteiger partial charge in [-0.3, -0.25) is 14.4 Å². The van der Waals surface area contributed by atoms with Gasteiger partial charge < -0.3 is 34.5 Å². The lowest BCUT2D eigenvalue weighted by Crippen LogP contribution is -2.69. The lowest BCUT2D eigenvalue weighted by atomic mass is 9.44. The van der Waals surface area contributed by atoms with Crippen LogP contribution < -0.4 is 20.4 Å². The number of carbonyl (C=O) groups excluding carboxylic acids is 3. The Morgan fingerprint density at radius 1 is 1.13 bits per heavy atom. The Balaban J connectivity index is 1.07. The first-order valence-electron chi connectivity index (χ1n) is 18.8. The molecule has 2 heterocycles. The number of ketones is 2. The number of nitrogens with zero attached hydrogens (tertiary/aromatic N) is 2. The number of methoxy groups -OCH3 is 1. The molecular weight excluding hydrogens is 688 g/mol. The predicted molar refractivity (Wildman–Crippen MR) is 191 cm³/mol. The molecule has 13 heteroatoms. The number of ether oxygens (including phenoxy) is 2. The van der Waals surface area contributed by atoms with E-state index in [1.165, 1.54) is 25.5 Å². The van der Waals surface area contributed by atoms with Gasteiger partial charge in [-0.05, 0) is 82.9 Å². The second kappa shape index (κ2) is 12.3. The van der Waals surface area contributed by atoms with Crippen molar-refractivity contribution in [2.45, 2.75) is 95.2 Å². The van der Waals surface area contributed by atoms with Crippen LogP contribution in [0.4, 0.5) is 14.5 Å². The standard InChI is InChI=1S/C40H47F2N3O8/c1-21-18-44(14-13-43-21)33-29(41)16-25-32(35(33)52-4)45(23-6-7-23)19-26(34(25)49)36(50)53-20-31(48)39(51)12-10-27-28-8-5-22-15-24(46)9-11-37(22,2)40(28,42)30(47)17-38(27,39)3/h9,11,15-16,19,21,23,27-28,30,43,47,51H,5-8,10,12-14,17-18,20H2,1-4H3/t21?,27-,28-,30-,37-,38-,39-,40-/m0/s1. The first kappa shape index (κ1) is 36.1. The lowest BCUT2D eigenvalue weighted by molar-refractivity contribution is -0.217. The fourth-order valence-corrected chi connectivity index (χ4v) is 10.9. The third kappa shape index (κ3) is 5.05. The third-order valence-electron chi connectivity index (χ3n) is 13.8. The average molecular weight is 736 g/mol. The molecular formula is C40H47F2N3O8. The number of nitrogens with one attached hydrogen (secondary N) is 1. The number of pyridine rings is 1. The number of benzene rings is 1. The summed E-state index contributed by atoms with van der Waals surface area (Å²) in [5.74, 6) is -3.74. The zero-order valence-electron chi connectivity index (χ0n) is 30.5. The first-order chi connectivity index (χ1) is 25.1. The van der Waals surface area contributed by atoms with E-state index in [2.05, 4.69) is 5.32 Å². The Morgan fingerprint density at radius 3 is 2.58 bits per heavy atom. The molecule has 1 saturated heterocycles. The molecule has 4 saturated carbocycles. The number of Topliss-reactive ketones (excluding diaryl/α,β-unsaturated/α-hetero) is 1. The van der Waals surface area contributed by atoms with E-state index in [1.54, 1.807) is 24.5 Å². The molecule has 0 spiro atoms. The summed E-state index contributed by atoms with van der Waals surface area (Å²) in [6.07, 6.45) is 6.59. The normalized spacial score (nSPS) is 36.4. The summed E-state index contributed by atoms with van der Waals surface area (Å²) in [5.41, 5.74) is -6.50. The van der Waals surface area contributed by atoms with E-state index in [-0.39, 0.29) is 53.1 Å². The minimum absolute atomic E-state index is 0.0185. The molecule has 8 atom stereocenters.